The first-order chi connectivity index (χ1) is 12.1. The molecule has 0 spiro atoms. The number of hydrogen-bond acceptors (Lipinski definition) is 5. The molecule has 0 fully saturated rings. The summed E-state index contributed by atoms with van der Waals surface area (Å²) in [6, 6.07) is 8.51. The minimum Gasteiger partial charge on any atom is -0.378 e. The fourth-order valence-electron chi connectivity index (χ4n) is 2.22. The highest BCUT2D eigenvalue weighted by atomic mass is 16.6. The molecule has 1 heterocycles. The summed E-state index contributed by atoms with van der Waals surface area (Å²) >= 11 is 0. The number of benzene rings is 1. The largest absolute Gasteiger partial charge is 0.378 e. The number of nitro groups is 1. The van der Waals surface area contributed by atoms with Crippen LogP contribution in [0.5, 0.6) is 0 Å². The number of anilines is 1. The number of nitro benzene ring substituents is 1. The van der Waals surface area contributed by atoms with Crippen LogP contribution in [-0.4, -0.2) is 40.3 Å². The molecule has 2 rings (SSSR count). The number of nitrogens with one attached hydrogen (secondary N) is 3. The Bertz CT molecular complexity index is 727. The van der Waals surface area contributed by atoms with E-state index in [1.807, 2.05) is 20.0 Å². The van der Waals surface area contributed by atoms with Crippen molar-refractivity contribution >= 4 is 17.3 Å². The van der Waals surface area contributed by atoms with Crippen molar-refractivity contribution in [3.63, 3.8) is 0 Å². The topological polar surface area (TPSA) is 109 Å². The molecule has 0 amide bonds. The Morgan fingerprint density at radius 1 is 1.28 bits per heavy atom. The van der Waals surface area contributed by atoms with Gasteiger partial charge in [0, 0.05) is 38.9 Å². The first-order valence-corrected chi connectivity index (χ1v) is 8.08. The summed E-state index contributed by atoms with van der Waals surface area (Å²) in [5.74, 6) is 0.688. The van der Waals surface area contributed by atoms with E-state index in [0.29, 0.717) is 31.3 Å². The van der Waals surface area contributed by atoms with Crippen LogP contribution in [-0.2, 0) is 13.6 Å². The van der Waals surface area contributed by atoms with Crippen molar-refractivity contribution in [2.45, 2.75) is 13.5 Å². The van der Waals surface area contributed by atoms with Crippen LogP contribution in [0.15, 0.2) is 41.5 Å². The van der Waals surface area contributed by atoms with Gasteiger partial charge in [-0.2, -0.15) is 5.10 Å². The summed E-state index contributed by atoms with van der Waals surface area (Å²) in [4.78, 5) is 15.1. The Kier molecular flexibility index (Phi) is 6.76. The molecule has 0 atom stereocenters. The monoisotopic (exact) mass is 345 g/mol. The molecule has 0 saturated heterocycles. The molecule has 134 valence electrons. The number of rotatable bonds is 8. The SMILES string of the molecule is CCNC(=NCc1ccnn1C)NCCNc1ccccc1[N+](=O)[O-]. The van der Waals surface area contributed by atoms with Crippen molar-refractivity contribution in [2.75, 3.05) is 25.0 Å². The molecule has 9 heteroatoms. The Morgan fingerprint density at radius 3 is 2.76 bits per heavy atom. The van der Waals surface area contributed by atoms with Gasteiger partial charge in [0.15, 0.2) is 5.96 Å². The lowest BCUT2D eigenvalue weighted by molar-refractivity contribution is -0.384. The molecule has 0 aliphatic rings. The molecule has 9 nitrogen and oxygen atoms in total. The first-order valence-electron chi connectivity index (χ1n) is 8.08. The number of aromatic nitrogens is 2. The van der Waals surface area contributed by atoms with Gasteiger partial charge in [-0.15, -0.1) is 0 Å². The molecule has 2 aromatic rings. The van der Waals surface area contributed by atoms with Crippen molar-refractivity contribution in [1.29, 1.82) is 0 Å². The molecule has 1 aromatic heterocycles. The van der Waals surface area contributed by atoms with Crippen LogP contribution in [0, 0.1) is 10.1 Å². The summed E-state index contributed by atoms with van der Waals surface area (Å²) in [5, 5.41) is 24.5. The Labute approximate surface area is 146 Å². The predicted octanol–water partition coefficient (Wildman–Crippen LogP) is 1.50. The molecular weight excluding hydrogens is 322 g/mol. The summed E-state index contributed by atoms with van der Waals surface area (Å²) in [7, 11) is 1.88. The number of para-hydroxylation sites is 2. The quantitative estimate of drug-likeness (QED) is 0.220. The van der Waals surface area contributed by atoms with E-state index in [1.54, 1.807) is 29.1 Å². The summed E-state index contributed by atoms with van der Waals surface area (Å²) < 4.78 is 1.78. The van der Waals surface area contributed by atoms with Crippen molar-refractivity contribution in [3.05, 3.63) is 52.3 Å². The van der Waals surface area contributed by atoms with Gasteiger partial charge in [-0.05, 0) is 19.1 Å². The number of guanidine groups is 1. The highest BCUT2D eigenvalue weighted by Crippen LogP contribution is 2.22. The molecule has 0 aliphatic carbocycles. The fraction of sp³-hybridized carbons (Fsp3) is 0.375. The Hall–Kier alpha value is -3.10. The fourth-order valence-corrected chi connectivity index (χ4v) is 2.22. The van der Waals surface area contributed by atoms with Crippen LogP contribution in [0.2, 0.25) is 0 Å². The van der Waals surface area contributed by atoms with Crippen molar-refractivity contribution in [3.8, 4) is 0 Å². The second kappa shape index (κ2) is 9.26. The van der Waals surface area contributed by atoms with Crippen molar-refractivity contribution in [1.82, 2.24) is 20.4 Å². The molecule has 0 saturated carbocycles. The molecule has 25 heavy (non-hydrogen) atoms. The van der Waals surface area contributed by atoms with Crippen LogP contribution in [0.25, 0.3) is 0 Å². The molecule has 0 unspecified atom stereocenters. The van der Waals surface area contributed by atoms with Crippen LogP contribution in [0.4, 0.5) is 11.4 Å². The maximum absolute atomic E-state index is 11.0. The van der Waals surface area contributed by atoms with Gasteiger partial charge in [0.1, 0.15) is 5.69 Å². The van der Waals surface area contributed by atoms with Gasteiger partial charge >= 0.3 is 0 Å². The second-order valence-corrected chi connectivity index (χ2v) is 5.27. The molecule has 0 aliphatic heterocycles. The Balaban J connectivity index is 1.85. The van der Waals surface area contributed by atoms with Gasteiger partial charge < -0.3 is 16.0 Å². The third kappa shape index (κ3) is 5.48. The third-order valence-electron chi connectivity index (χ3n) is 3.50. The molecular formula is C16H23N7O2. The maximum Gasteiger partial charge on any atom is 0.292 e. The van der Waals surface area contributed by atoms with Gasteiger partial charge in [-0.25, -0.2) is 4.99 Å². The maximum atomic E-state index is 11.0. The normalized spacial score (nSPS) is 11.2. The van der Waals surface area contributed by atoms with Gasteiger partial charge in [0.25, 0.3) is 5.69 Å². The molecule has 0 radical (unpaired) electrons. The van der Waals surface area contributed by atoms with Crippen molar-refractivity contribution < 1.29 is 4.92 Å². The average Bonchev–Trinajstić information content (AvgIpc) is 3.01. The van der Waals surface area contributed by atoms with Crippen LogP contribution in [0.1, 0.15) is 12.6 Å². The number of aliphatic imine (C=N–C) groups is 1. The van der Waals surface area contributed by atoms with E-state index in [0.717, 1.165) is 12.2 Å². The number of aryl methyl sites for hydroxylation is 1. The second-order valence-electron chi connectivity index (χ2n) is 5.27. The van der Waals surface area contributed by atoms with Gasteiger partial charge in [-0.1, -0.05) is 12.1 Å². The van der Waals surface area contributed by atoms with Crippen LogP contribution < -0.4 is 16.0 Å². The van der Waals surface area contributed by atoms with Gasteiger partial charge in [0.05, 0.1) is 17.2 Å². The van der Waals surface area contributed by atoms with E-state index in [2.05, 4.69) is 26.0 Å². The smallest absolute Gasteiger partial charge is 0.292 e. The number of hydrogen-bond donors (Lipinski definition) is 3. The summed E-state index contributed by atoms with van der Waals surface area (Å²) in [6.07, 6.45) is 1.74. The standard InChI is InChI=1S/C16H23N7O2/c1-3-17-16(20-12-13-8-9-21-22(13)2)19-11-10-18-14-6-4-5-7-15(14)23(24)25/h4-9,18H,3,10-12H2,1-2H3,(H2,17,19,20). The van der Waals surface area contributed by atoms with E-state index in [-0.39, 0.29) is 5.69 Å². The lowest BCUT2D eigenvalue weighted by Gasteiger charge is -2.12. The summed E-state index contributed by atoms with van der Waals surface area (Å²) in [6.45, 7) is 4.36. The van der Waals surface area contributed by atoms with Gasteiger partial charge in [-0.3, -0.25) is 14.8 Å². The minimum absolute atomic E-state index is 0.0688. The zero-order chi connectivity index (χ0) is 18.1. The lowest BCUT2D eigenvalue weighted by atomic mass is 10.2. The highest BCUT2D eigenvalue weighted by molar-refractivity contribution is 5.79. The van der Waals surface area contributed by atoms with Crippen LogP contribution in [0.3, 0.4) is 0 Å². The molecule has 0 bridgehead atoms. The highest BCUT2D eigenvalue weighted by Gasteiger charge is 2.11. The average molecular weight is 345 g/mol. The summed E-state index contributed by atoms with van der Waals surface area (Å²) in [5.41, 5.74) is 1.58. The van der Waals surface area contributed by atoms with E-state index in [1.165, 1.54) is 6.07 Å². The zero-order valence-corrected chi connectivity index (χ0v) is 14.4. The minimum atomic E-state index is -0.394. The predicted molar refractivity (Wildman–Crippen MR) is 97.6 cm³/mol. The lowest BCUT2D eigenvalue weighted by Crippen LogP contribution is -2.39. The molecule has 3 N–H and O–H groups in total. The van der Waals surface area contributed by atoms with Crippen LogP contribution >= 0.6 is 0 Å². The zero-order valence-electron chi connectivity index (χ0n) is 14.4. The van der Waals surface area contributed by atoms with E-state index in [9.17, 15) is 10.1 Å². The Morgan fingerprint density at radius 2 is 2.08 bits per heavy atom. The van der Waals surface area contributed by atoms with Crippen molar-refractivity contribution in [2.24, 2.45) is 12.0 Å². The van der Waals surface area contributed by atoms with E-state index >= 15 is 0 Å². The number of nitrogens with zero attached hydrogens (tertiary/aromatic N) is 4. The molecule has 1 aromatic carbocycles. The van der Waals surface area contributed by atoms with E-state index < -0.39 is 4.92 Å². The van der Waals surface area contributed by atoms with E-state index in [4.69, 9.17) is 0 Å². The first kappa shape index (κ1) is 18.2. The van der Waals surface area contributed by atoms with Gasteiger partial charge in [0.2, 0.25) is 0 Å². The third-order valence-corrected chi connectivity index (χ3v) is 3.50.